The van der Waals surface area contributed by atoms with Crippen LogP contribution in [-0.2, 0) is 0 Å². The van der Waals surface area contributed by atoms with E-state index in [1.54, 1.807) is 19.9 Å². The smallest absolute Gasteiger partial charge is 0.123 e. The van der Waals surface area contributed by atoms with E-state index in [-0.39, 0.29) is 11.5 Å². The largest absolute Gasteiger partial charge is 0.507 e. The molecule has 0 amide bonds. The van der Waals surface area contributed by atoms with Crippen LogP contribution in [0.1, 0.15) is 22.3 Å². The van der Waals surface area contributed by atoms with Gasteiger partial charge in [-0.3, -0.25) is 0 Å². The molecule has 92 valence electrons. The van der Waals surface area contributed by atoms with E-state index in [2.05, 4.69) is 0 Å². The first-order valence-corrected chi connectivity index (χ1v) is 5.85. The van der Waals surface area contributed by atoms with Crippen molar-refractivity contribution in [2.45, 2.75) is 13.8 Å². The molecule has 0 bridgehead atoms. The minimum absolute atomic E-state index is 0.190. The Morgan fingerprint density at radius 1 is 0.944 bits per heavy atom. The number of phenols is 2. The van der Waals surface area contributed by atoms with Gasteiger partial charge in [0.2, 0.25) is 0 Å². The number of benzene rings is 2. The summed E-state index contributed by atoms with van der Waals surface area (Å²) in [5.74, 6) is 0.426. The Hall–Kier alpha value is -2.22. The van der Waals surface area contributed by atoms with Gasteiger partial charge >= 0.3 is 0 Å². The van der Waals surface area contributed by atoms with Crippen LogP contribution in [0.15, 0.2) is 36.4 Å². The molecule has 2 aromatic rings. The molecule has 0 heterocycles. The van der Waals surface area contributed by atoms with E-state index in [0.717, 1.165) is 5.56 Å². The van der Waals surface area contributed by atoms with Crippen LogP contribution in [-0.4, -0.2) is 10.2 Å². The van der Waals surface area contributed by atoms with Gasteiger partial charge in [-0.25, -0.2) is 0 Å². The third-order valence-electron chi connectivity index (χ3n) is 3.00. The third-order valence-corrected chi connectivity index (χ3v) is 3.00. The number of hydrogen-bond acceptors (Lipinski definition) is 2. The maximum absolute atomic E-state index is 9.91. The molecule has 0 saturated carbocycles. The zero-order valence-electron chi connectivity index (χ0n) is 10.5. The Kier molecular flexibility index (Phi) is 3.38. The Balaban J connectivity index is 2.41. The summed E-state index contributed by atoms with van der Waals surface area (Å²) >= 11 is 0. The lowest BCUT2D eigenvalue weighted by Gasteiger charge is -2.09. The maximum Gasteiger partial charge on any atom is 0.123 e. The van der Waals surface area contributed by atoms with E-state index in [9.17, 15) is 10.2 Å². The van der Waals surface area contributed by atoms with Gasteiger partial charge in [0.25, 0.3) is 0 Å². The predicted octanol–water partition coefficient (Wildman–Crippen LogP) is 3.89. The molecule has 0 aliphatic carbocycles. The monoisotopic (exact) mass is 240 g/mol. The van der Waals surface area contributed by atoms with Crippen molar-refractivity contribution in [2.75, 3.05) is 0 Å². The Bertz CT molecular complexity index is 584. The minimum Gasteiger partial charge on any atom is -0.507 e. The topological polar surface area (TPSA) is 40.5 Å². The van der Waals surface area contributed by atoms with Crippen LogP contribution in [0.5, 0.6) is 11.5 Å². The standard InChI is InChI=1S/C16H16O2/c1-11-10-15(17)14(12(2)16(11)18)9-8-13-6-4-3-5-7-13/h3-10,17-18H,1-2H3. The van der Waals surface area contributed by atoms with Crippen molar-refractivity contribution in [3.63, 3.8) is 0 Å². The van der Waals surface area contributed by atoms with Crippen molar-refractivity contribution in [1.82, 2.24) is 0 Å². The first kappa shape index (κ1) is 12.2. The highest BCUT2D eigenvalue weighted by molar-refractivity contribution is 5.76. The molecule has 2 heteroatoms. The number of aryl methyl sites for hydroxylation is 1. The van der Waals surface area contributed by atoms with E-state index in [1.807, 2.05) is 42.5 Å². The van der Waals surface area contributed by atoms with Gasteiger partial charge in [0.05, 0.1) is 0 Å². The molecule has 2 aromatic carbocycles. The summed E-state index contributed by atoms with van der Waals surface area (Å²) < 4.78 is 0. The summed E-state index contributed by atoms with van der Waals surface area (Å²) in [7, 11) is 0. The SMILES string of the molecule is Cc1cc(O)c(C=Cc2ccccc2)c(C)c1O. The van der Waals surface area contributed by atoms with Crippen LogP contribution in [0.3, 0.4) is 0 Å². The van der Waals surface area contributed by atoms with Crippen molar-refractivity contribution in [2.24, 2.45) is 0 Å². The van der Waals surface area contributed by atoms with E-state index >= 15 is 0 Å². The lowest BCUT2D eigenvalue weighted by molar-refractivity contribution is 0.452. The lowest BCUT2D eigenvalue weighted by Crippen LogP contribution is -1.86. The van der Waals surface area contributed by atoms with E-state index in [4.69, 9.17) is 0 Å². The third kappa shape index (κ3) is 2.38. The fourth-order valence-corrected chi connectivity index (χ4v) is 1.92. The summed E-state index contributed by atoms with van der Waals surface area (Å²) in [6, 6.07) is 11.4. The first-order chi connectivity index (χ1) is 8.59. The second-order valence-electron chi connectivity index (χ2n) is 4.34. The van der Waals surface area contributed by atoms with Crippen LogP contribution in [0.2, 0.25) is 0 Å². The molecule has 0 atom stereocenters. The lowest BCUT2D eigenvalue weighted by atomic mass is 10.0. The Morgan fingerprint density at radius 2 is 1.61 bits per heavy atom. The van der Waals surface area contributed by atoms with Crippen molar-refractivity contribution >= 4 is 12.2 Å². The predicted molar refractivity (Wildman–Crippen MR) is 74.6 cm³/mol. The van der Waals surface area contributed by atoms with Gasteiger partial charge in [0.15, 0.2) is 0 Å². The van der Waals surface area contributed by atoms with E-state index in [0.29, 0.717) is 16.7 Å². The quantitative estimate of drug-likeness (QED) is 0.617. The molecule has 2 N–H and O–H groups in total. The summed E-state index contributed by atoms with van der Waals surface area (Å²) in [4.78, 5) is 0. The van der Waals surface area contributed by atoms with Gasteiger partial charge in [0, 0.05) is 11.1 Å². The molecule has 0 aromatic heterocycles. The Labute approximate surface area is 107 Å². The summed E-state index contributed by atoms with van der Waals surface area (Å²) in [5.41, 5.74) is 3.08. The molecule has 2 rings (SSSR count). The van der Waals surface area contributed by atoms with Gasteiger partial charge < -0.3 is 10.2 Å². The average Bonchev–Trinajstić information content (AvgIpc) is 2.37. The molecule has 0 aliphatic heterocycles. The fourth-order valence-electron chi connectivity index (χ4n) is 1.92. The highest BCUT2D eigenvalue weighted by Gasteiger charge is 2.09. The van der Waals surface area contributed by atoms with Crippen molar-refractivity contribution in [3.8, 4) is 11.5 Å². The van der Waals surface area contributed by atoms with E-state index in [1.165, 1.54) is 0 Å². The molecular weight excluding hydrogens is 224 g/mol. The van der Waals surface area contributed by atoms with E-state index < -0.39 is 0 Å². The van der Waals surface area contributed by atoms with Crippen molar-refractivity contribution in [1.29, 1.82) is 0 Å². The molecule has 0 spiro atoms. The van der Waals surface area contributed by atoms with Crippen LogP contribution < -0.4 is 0 Å². The highest BCUT2D eigenvalue weighted by Crippen LogP contribution is 2.33. The summed E-state index contributed by atoms with van der Waals surface area (Å²) in [6.45, 7) is 3.57. The number of aromatic hydroxyl groups is 2. The second-order valence-corrected chi connectivity index (χ2v) is 4.34. The van der Waals surface area contributed by atoms with Gasteiger partial charge in [0.1, 0.15) is 11.5 Å². The van der Waals surface area contributed by atoms with Crippen LogP contribution in [0.25, 0.3) is 12.2 Å². The van der Waals surface area contributed by atoms with Crippen molar-refractivity contribution in [3.05, 3.63) is 58.7 Å². The summed E-state index contributed by atoms with van der Waals surface area (Å²) in [5, 5.41) is 19.8. The Morgan fingerprint density at radius 3 is 2.28 bits per heavy atom. The van der Waals surface area contributed by atoms with Crippen LogP contribution in [0, 0.1) is 13.8 Å². The molecule has 0 fully saturated rings. The number of phenolic OH excluding ortho intramolecular Hbond substituents is 2. The number of hydrogen-bond donors (Lipinski definition) is 2. The molecule has 0 saturated heterocycles. The highest BCUT2D eigenvalue weighted by atomic mass is 16.3. The second kappa shape index (κ2) is 4.96. The summed E-state index contributed by atoms with van der Waals surface area (Å²) in [6.07, 6.45) is 3.73. The normalized spacial score (nSPS) is 11.0. The van der Waals surface area contributed by atoms with Crippen LogP contribution in [0.4, 0.5) is 0 Å². The molecule has 18 heavy (non-hydrogen) atoms. The van der Waals surface area contributed by atoms with Gasteiger partial charge in [-0.05, 0) is 31.0 Å². The maximum atomic E-state index is 9.91. The fraction of sp³-hybridized carbons (Fsp3) is 0.125. The molecule has 2 nitrogen and oxygen atoms in total. The molecule has 0 radical (unpaired) electrons. The molecule has 0 unspecified atom stereocenters. The van der Waals surface area contributed by atoms with Crippen LogP contribution >= 0.6 is 0 Å². The molecular formula is C16H16O2. The van der Waals surface area contributed by atoms with Gasteiger partial charge in [-0.2, -0.15) is 0 Å². The average molecular weight is 240 g/mol. The number of rotatable bonds is 2. The van der Waals surface area contributed by atoms with Gasteiger partial charge in [-0.1, -0.05) is 42.5 Å². The minimum atomic E-state index is 0.190. The zero-order chi connectivity index (χ0) is 13.1. The molecule has 0 aliphatic rings. The van der Waals surface area contributed by atoms with Crippen molar-refractivity contribution < 1.29 is 10.2 Å². The van der Waals surface area contributed by atoms with Gasteiger partial charge in [-0.15, -0.1) is 0 Å². The first-order valence-electron chi connectivity index (χ1n) is 5.85. The zero-order valence-corrected chi connectivity index (χ0v) is 10.5.